The molecule has 300 valence electrons. The molecule has 2 aliphatic rings. The molecule has 2 saturated heterocycles. The number of imidazole rings is 2. The fraction of sp³-hybridized carbons (Fsp3) is 0.444. The molecule has 2 aliphatic heterocycles. The summed E-state index contributed by atoms with van der Waals surface area (Å²) < 4.78 is 10.6. The topological polar surface area (TPSA) is 137 Å². The molecule has 57 heavy (non-hydrogen) atoms. The maximum Gasteiger partial charge on any atom is 0.410 e. The molecule has 12 heteroatoms. The van der Waals surface area contributed by atoms with Crippen LogP contribution in [-0.2, 0) is 14.3 Å². The number of carbonyl (C=O) groups is 3. The Bertz CT molecular complexity index is 2240. The van der Waals surface area contributed by atoms with Crippen LogP contribution in [0.1, 0.15) is 85.0 Å². The molecule has 7 rings (SSSR count). The number of nitrogens with one attached hydrogen (secondary N) is 2. The zero-order chi connectivity index (χ0) is 40.8. The Labute approximate surface area is 335 Å². The molecule has 0 spiro atoms. The van der Waals surface area contributed by atoms with Gasteiger partial charge in [0, 0.05) is 20.1 Å². The number of ether oxygens (including phenoxy) is 2. The second kappa shape index (κ2) is 15.7. The van der Waals surface area contributed by atoms with Gasteiger partial charge >= 0.3 is 12.2 Å². The van der Waals surface area contributed by atoms with Crippen LogP contribution in [-0.4, -0.2) is 91.6 Å². The number of likely N-dealkylation sites (tertiary alicyclic amines) is 2. The van der Waals surface area contributed by atoms with E-state index in [2.05, 4.69) is 84.5 Å². The van der Waals surface area contributed by atoms with E-state index in [1.54, 1.807) is 11.9 Å². The van der Waals surface area contributed by atoms with Crippen LogP contribution in [0.25, 0.3) is 44.5 Å². The van der Waals surface area contributed by atoms with E-state index in [0.29, 0.717) is 19.0 Å². The zero-order valence-corrected chi connectivity index (χ0v) is 34.5. The van der Waals surface area contributed by atoms with Gasteiger partial charge < -0.3 is 24.3 Å². The van der Waals surface area contributed by atoms with Crippen molar-refractivity contribution < 1.29 is 23.9 Å². The first-order chi connectivity index (χ1) is 27.1. The SMILES string of the molecule is COC(=O)N(C)[C@H](C(=O)N1C[C@@H](C)C[C@H]1c1nc2ccc(-c3ccc(-c4ccc(-c5cnc(C6CC(C)CN6C(=O)OC(C)(C)C)[nH]5)cc4)cc3)cc2[nH]1)C(C)C. The Morgan fingerprint density at radius 3 is 1.91 bits per heavy atom. The van der Waals surface area contributed by atoms with Crippen LogP contribution in [0.5, 0.6) is 0 Å². The third-order valence-electron chi connectivity index (χ3n) is 11.2. The number of benzene rings is 3. The molecule has 0 radical (unpaired) electrons. The van der Waals surface area contributed by atoms with Crippen LogP contribution >= 0.6 is 0 Å². The quantitative estimate of drug-likeness (QED) is 0.160. The van der Waals surface area contributed by atoms with Gasteiger partial charge in [0.15, 0.2) is 0 Å². The first-order valence-corrected chi connectivity index (χ1v) is 20.0. The van der Waals surface area contributed by atoms with Crippen LogP contribution in [0.4, 0.5) is 9.59 Å². The molecule has 2 unspecified atom stereocenters. The highest BCUT2D eigenvalue weighted by Gasteiger charge is 2.42. The minimum atomic E-state index is -0.641. The van der Waals surface area contributed by atoms with Gasteiger partial charge in [-0.2, -0.15) is 0 Å². The second-order valence-corrected chi connectivity index (χ2v) is 17.3. The van der Waals surface area contributed by atoms with Crippen molar-refractivity contribution in [2.45, 2.75) is 85.0 Å². The highest BCUT2D eigenvalue weighted by molar-refractivity contribution is 5.87. The molecule has 0 saturated carbocycles. The number of aromatic amines is 2. The number of H-pyrrole nitrogens is 2. The Morgan fingerprint density at radius 1 is 0.789 bits per heavy atom. The maximum absolute atomic E-state index is 14.0. The van der Waals surface area contributed by atoms with Crippen molar-refractivity contribution in [3.63, 3.8) is 0 Å². The van der Waals surface area contributed by atoms with Crippen molar-refractivity contribution in [1.82, 2.24) is 34.6 Å². The highest BCUT2D eigenvalue weighted by Crippen LogP contribution is 2.38. The van der Waals surface area contributed by atoms with Crippen LogP contribution < -0.4 is 0 Å². The van der Waals surface area contributed by atoms with Gasteiger partial charge in [-0.05, 0) is 91.3 Å². The number of fused-ring (bicyclic) bond motifs is 1. The maximum atomic E-state index is 14.0. The molecule has 5 aromatic rings. The molecule has 5 atom stereocenters. The van der Waals surface area contributed by atoms with Gasteiger partial charge in [0.05, 0.1) is 42.1 Å². The Morgan fingerprint density at radius 2 is 1.33 bits per heavy atom. The summed E-state index contributed by atoms with van der Waals surface area (Å²) >= 11 is 0. The molecular formula is C45H55N7O5. The summed E-state index contributed by atoms with van der Waals surface area (Å²) in [5, 5.41) is 0. The largest absolute Gasteiger partial charge is 0.453 e. The minimum Gasteiger partial charge on any atom is -0.453 e. The van der Waals surface area contributed by atoms with Crippen molar-refractivity contribution in [2.24, 2.45) is 17.8 Å². The predicted molar refractivity (Wildman–Crippen MR) is 221 cm³/mol. The predicted octanol–water partition coefficient (Wildman–Crippen LogP) is 9.24. The molecule has 2 fully saturated rings. The number of hydrogen-bond acceptors (Lipinski definition) is 7. The second-order valence-electron chi connectivity index (χ2n) is 17.3. The molecule has 3 aromatic carbocycles. The van der Waals surface area contributed by atoms with Gasteiger partial charge in [-0.15, -0.1) is 0 Å². The summed E-state index contributed by atoms with van der Waals surface area (Å²) in [6, 6.07) is 22.1. The van der Waals surface area contributed by atoms with Crippen molar-refractivity contribution in [3.05, 3.63) is 84.6 Å². The summed E-state index contributed by atoms with van der Waals surface area (Å²) in [5.41, 5.74) is 7.45. The molecule has 2 N–H and O–H groups in total. The lowest BCUT2D eigenvalue weighted by Crippen LogP contribution is -2.52. The van der Waals surface area contributed by atoms with Crippen molar-refractivity contribution in [2.75, 3.05) is 27.2 Å². The Balaban J connectivity index is 1.04. The molecule has 2 aromatic heterocycles. The first-order valence-electron chi connectivity index (χ1n) is 20.0. The van der Waals surface area contributed by atoms with Crippen LogP contribution in [0, 0.1) is 17.8 Å². The van der Waals surface area contributed by atoms with Gasteiger partial charge in [0.1, 0.15) is 23.3 Å². The lowest BCUT2D eigenvalue weighted by atomic mass is 9.99. The van der Waals surface area contributed by atoms with Gasteiger partial charge in [-0.3, -0.25) is 14.6 Å². The molecule has 0 bridgehead atoms. The summed E-state index contributed by atoms with van der Waals surface area (Å²) in [6.45, 7) is 15.1. The van der Waals surface area contributed by atoms with Crippen LogP contribution in [0.15, 0.2) is 72.9 Å². The number of amides is 3. The van der Waals surface area contributed by atoms with E-state index in [-0.39, 0.29) is 35.9 Å². The summed E-state index contributed by atoms with van der Waals surface area (Å²) in [7, 11) is 2.95. The zero-order valence-electron chi connectivity index (χ0n) is 34.5. The number of carbonyl (C=O) groups excluding carboxylic acids is 3. The summed E-state index contributed by atoms with van der Waals surface area (Å²) in [4.78, 5) is 61.1. The van der Waals surface area contributed by atoms with E-state index in [1.165, 1.54) is 12.0 Å². The lowest BCUT2D eigenvalue weighted by Gasteiger charge is -2.34. The van der Waals surface area contributed by atoms with Crippen LogP contribution in [0.3, 0.4) is 0 Å². The molecular weight excluding hydrogens is 719 g/mol. The van der Waals surface area contributed by atoms with E-state index < -0.39 is 17.7 Å². The third-order valence-corrected chi connectivity index (χ3v) is 11.2. The number of aromatic nitrogens is 4. The summed E-state index contributed by atoms with van der Waals surface area (Å²) in [6.07, 6.45) is 2.62. The normalized spacial score (nSPS) is 20.3. The van der Waals surface area contributed by atoms with E-state index in [1.807, 2.05) is 51.8 Å². The Kier molecular flexibility index (Phi) is 10.9. The average molecular weight is 774 g/mol. The van der Waals surface area contributed by atoms with Gasteiger partial charge in [-0.25, -0.2) is 19.6 Å². The van der Waals surface area contributed by atoms with Crippen LogP contribution in [0.2, 0.25) is 0 Å². The van der Waals surface area contributed by atoms with E-state index >= 15 is 0 Å². The third kappa shape index (κ3) is 8.26. The number of rotatable bonds is 8. The lowest BCUT2D eigenvalue weighted by molar-refractivity contribution is -0.138. The Hall–Kier alpha value is -5.65. The van der Waals surface area contributed by atoms with E-state index in [0.717, 1.165) is 69.0 Å². The average Bonchev–Trinajstić information content (AvgIpc) is 3.99. The number of likely N-dealkylation sites (N-methyl/N-ethyl adjacent to an activating group) is 1. The van der Waals surface area contributed by atoms with Crippen molar-refractivity contribution in [1.29, 1.82) is 0 Å². The smallest absolute Gasteiger partial charge is 0.410 e. The van der Waals surface area contributed by atoms with Crippen molar-refractivity contribution >= 4 is 29.1 Å². The van der Waals surface area contributed by atoms with E-state index in [4.69, 9.17) is 19.4 Å². The molecule has 12 nitrogen and oxygen atoms in total. The fourth-order valence-electron chi connectivity index (χ4n) is 8.42. The molecule has 0 aliphatic carbocycles. The van der Waals surface area contributed by atoms with Gasteiger partial charge in [0.2, 0.25) is 5.91 Å². The molecule has 4 heterocycles. The molecule has 3 amide bonds. The summed E-state index contributed by atoms with van der Waals surface area (Å²) in [5.74, 6) is 1.98. The highest BCUT2D eigenvalue weighted by atomic mass is 16.6. The van der Waals surface area contributed by atoms with E-state index in [9.17, 15) is 14.4 Å². The van der Waals surface area contributed by atoms with Crippen molar-refractivity contribution in [3.8, 4) is 33.5 Å². The van der Waals surface area contributed by atoms with Gasteiger partial charge in [0.25, 0.3) is 0 Å². The standard InChI is InChI=1S/C45H55N7O5/c1-26(2)39(50(8)43(54)56-9)42(53)51-24-27(3)21-38(51)41-47-34-19-18-33(22-35(34)48-41)31-12-10-29(11-13-31)30-14-16-32(17-15-30)36-23-46-40(49-36)37-20-28(4)25-52(37)44(55)57-45(5,6)7/h10-19,22-23,26-28,37-39H,20-21,24-25H2,1-9H3,(H,46,49)(H,47,48)/t27-,28?,37?,38-,39-/m0/s1. The number of nitrogens with zero attached hydrogens (tertiary/aromatic N) is 5. The van der Waals surface area contributed by atoms with Gasteiger partial charge in [-0.1, -0.05) is 82.3 Å². The number of hydrogen-bond donors (Lipinski definition) is 2. The monoisotopic (exact) mass is 773 g/mol. The minimum absolute atomic E-state index is 0.0928. The number of methoxy groups -OCH3 is 1. The fourth-order valence-corrected chi connectivity index (χ4v) is 8.42. The first kappa shape index (κ1) is 39.6.